The van der Waals surface area contributed by atoms with Gasteiger partial charge in [-0.2, -0.15) is 8.78 Å². The highest BCUT2D eigenvalue weighted by Crippen LogP contribution is 2.59. The molecule has 1 saturated heterocycles. The van der Waals surface area contributed by atoms with Gasteiger partial charge in [0.25, 0.3) is 0 Å². The predicted octanol–water partition coefficient (Wildman–Crippen LogP) is 5.40. The second-order valence-electron chi connectivity index (χ2n) is 17.7. The number of nitrogens with one attached hydrogen (secondary N) is 1. The van der Waals surface area contributed by atoms with Crippen LogP contribution in [0.15, 0.2) is 36.4 Å². The lowest BCUT2D eigenvalue weighted by atomic mass is 9.77. The van der Waals surface area contributed by atoms with Crippen molar-refractivity contribution in [2.24, 2.45) is 22.7 Å². The van der Waals surface area contributed by atoms with Crippen molar-refractivity contribution in [1.29, 1.82) is 0 Å². The Balaban J connectivity index is 1.26. The van der Waals surface area contributed by atoms with Gasteiger partial charge < -0.3 is 19.1 Å². The van der Waals surface area contributed by atoms with Gasteiger partial charge in [-0.3, -0.25) is 23.9 Å². The van der Waals surface area contributed by atoms with Crippen LogP contribution in [0.2, 0.25) is 0 Å². The lowest BCUT2D eigenvalue weighted by Crippen LogP contribution is -2.49. The Hall–Kier alpha value is -4.19. The van der Waals surface area contributed by atoms with E-state index in [-0.39, 0.29) is 43.4 Å². The molecule has 3 heterocycles. The molecule has 2 bridgehead atoms. The van der Waals surface area contributed by atoms with Crippen LogP contribution in [0.1, 0.15) is 91.2 Å². The summed E-state index contributed by atoms with van der Waals surface area (Å²) in [5.41, 5.74) is -3.45. The number of carbonyl (C=O) groups excluding carboxylic acids is 4. The number of allylic oxidation sites excluding steroid dienone is 1. The van der Waals surface area contributed by atoms with Crippen LogP contribution in [0, 0.1) is 22.7 Å². The van der Waals surface area contributed by atoms with Gasteiger partial charge in [-0.25, -0.2) is 27.2 Å². The van der Waals surface area contributed by atoms with E-state index < -0.39 is 129 Å². The molecule has 1 N–H and O–H groups in total. The monoisotopic (exact) mass is 836 g/mol. The number of esters is 1. The lowest BCUT2D eigenvalue weighted by Gasteiger charge is -2.35. The average molecular weight is 837 g/mol. The molecule has 2 aliphatic heterocycles. The first-order valence-corrected chi connectivity index (χ1v) is 21.1. The molecule has 5 aliphatic rings. The number of hydrogen-bond acceptors (Lipinski definition) is 11. The molecule has 3 aliphatic carbocycles. The lowest BCUT2D eigenvalue weighted by molar-refractivity contribution is -0.161. The maximum atomic E-state index is 16.1. The summed E-state index contributed by atoms with van der Waals surface area (Å²) in [7, 11) is -4.26. The second kappa shape index (κ2) is 15.1. The van der Waals surface area contributed by atoms with E-state index in [1.165, 1.54) is 13.0 Å². The Morgan fingerprint density at radius 1 is 1.03 bits per heavy atom. The summed E-state index contributed by atoms with van der Waals surface area (Å²) in [5, 5.41) is 0. The Labute approximate surface area is 333 Å². The van der Waals surface area contributed by atoms with Crippen LogP contribution < -0.4 is 9.46 Å². The van der Waals surface area contributed by atoms with Crippen molar-refractivity contribution >= 4 is 44.6 Å². The van der Waals surface area contributed by atoms with Crippen LogP contribution in [0.3, 0.4) is 0 Å². The van der Waals surface area contributed by atoms with Crippen LogP contribution in [0.5, 0.6) is 5.88 Å². The minimum Gasteiger partial charge on any atom is -0.471 e. The summed E-state index contributed by atoms with van der Waals surface area (Å²) in [5.74, 6) is -10.5. The Bertz CT molecular complexity index is 2130. The molecule has 2 amide bonds. The van der Waals surface area contributed by atoms with Crippen molar-refractivity contribution in [2.75, 3.05) is 13.2 Å². The van der Waals surface area contributed by atoms with Crippen molar-refractivity contribution in [3.63, 3.8) is 0 Å². The fraction of sp³-hybridized carbons (Fsp3) is 0.650. The molecule has 1 aromatic carbocycles. The number of carbonyl (C=O) groups is 4. The van der Waals surface area contributed by atoms with Gasteiger partial charge in [0.1, 0.15) is 12.2 Å². The fourth-order valence-electron chi connectivity index (χ4n) is 8.32. The normalized spacial score (nSPS) is 31.6. The van der Waals surface area contributed by atoms with Gasteiger partial charge in [0, 0.05) is 18.8 Å². The zero-order valence-electron chi connectivity index (χ0n) is 32.7. The van der Waals surface area contributed by atoms with Gasteiger partial charge in [0.05, 0.1) is 58.8 Å². The van der Waals surface area contributed by atoms with Crippen LogP contribution in [-0.2, 0) is 44.6 Å². The number of Topliss-reactive ketones (excluding diaryl/α,β-unsaturated/α-hetero) is 1. The molecule has 2 aromatic rings. The minimum absolute atomic E-state index is 0.149. The molecule has 0 spiro atoms. The van der Waals surface area contributed by atoms with Gasteiger partial charge in [0.15, 0.2) is 11.5 Å². The molecule has 4 fully saturated rings. The molecular formula is C40H48F4N4O9S. The number of nitrogens with zero attached hydrogens (tertiary/aromatic N) is 3. The first-order valence-electron chi connectivity index (χ1n) is 19.6. The van der Waals surface area contributed by atoms with E-state index in [1.54, 1.807) is 39.0 Å². The van der Waals surface area contributed by atoms with E-state index in [9.17, 15) is 36.4 Å². The van der Waals surface area contributed by atoms with E-state index in [2.05, 4.69) is 9.97 Å². The average Bonchev–Trinajstić information content (AvgIpc) is 3.97. The maximum Gasteiger partial charge on any atom is 0.313 e. The molecule has 58 heavy (non-hydrogen) atoms. The summed E-state index contributed by atoms with van der Waals surface area (Å²) >= 11 is 0. The van der Waals surface area contributed by atoms with E-state index >= 15 is 8.78 Å². The highest BCUT2D eigenvalue weighted by Gasteiger charge is 2.67. The van der Waals surface area contributed by atoms with Crippen molar-refractivity contribution in [3.8, 4) is 5.88 Å². The number of fused-ring (bicyclic) bond motifs is 5. The van der Waals surface area contributed by atoms with Crippen LogP contribution in [-0.4, -0.2) is 95.5 Å². The Morgan fingerprint density at radius 2 is 1.71 bits per heavy atom. The molecular weight excluding hydrogens is 789 g/mol. The summed E-state index contributed by atoms with van der Waals surface area (Å²) in [6.45, 7) is 6.00. The minimum atomic E-state index is -4.26. The van der Waals surface area contributed by atoms with E-state index in [0.29, 0.717) is 25.3 Å². The van der Waals surface area contributed by atoms with E-state index in [0.717, 1.165) is 11.0 Å². The van der Waals surface area contributed by atoms with Crippen LogP contribution in [0.25, 0.3) is 11.0 Å². The largest absolute Gasteiger partial charge is 0.471 e. The van der Waals surface area contributed by atoms with Crippen molar-refractivity contribution in [1.82, 2.24) is 19.6 Å². The molecule has 0 unspecified atom stereocenters. The third kappa shape index (κ3) is 8.19. The molecule has 18 heteroatoms. The quantitative estimate of drug-likeness (QED) is 0.215. The third-order valence-electron chi connectivity index (χ3n) is 12.4. The number of rotatable bonds is 7. The van der Waals surface area contributed by atoms with Crippen molar-refractivity contribution in [2.45, 2.75) is 127 Å². The zero-order valence-corrected chi connectivity index (χ0v) is 33.5. The number of ether oxygens (including phenoxy) is 3. The van der Waals surface area contributed by atoms with Crippen molar-refractivity contribution < 1.29 is 59.4 Å². The first-order chi connectivity index (χ1) is 27.1. The number of halogens is 4. The molecule has 7 rings (SSSR count). The number of aromatic nitrogens is 2. The highest BCUT2D eigenvalue weighted by atomic mass is 32.2. The molecule has 0 radical (unpaired) electrons. The summed E-state index contributed by atoms with van der Waals surface area (Å²) < 4.78 is 105. The van der Waals surface area contributed by atoms with E-state index in [4.69, 9.17) is 14.2 Å². The molecule has 13 nitrogen and oxygen atoms in total. The third-order valence-corrected chi connectivity index (χ3v) is 14.5. The van der Waals surface area contributed by atoms with Gasteiger partial charge in [-0.15, -0.1) is 0 Å². The Kier molecular flexibility index (Phi) is 10.9. The molecule has 316 valence electrons. The van der Waals surface area contributed by atoms with Crippen LogP contribution in [0.4, 0.5) is 17.6 Å². The van der Waals surface area contributed by atoms with Gasteiger partial charge in [-0.05, 0) is 69.1 Å². The van der Waals surface area contributed by atoms with Crippen molar-refractivity contribution in [3.05, 3.63) is 42.1 Å². The molecule has 1 aromatic heterocycles. The number of alkyl halides is 4. The van der Waals surface area contributed by atoms with Gasteiger partial charge in [0.2, 0.25) is 34.1 Å². The smallest absolute Gasteiger partial charge is 0.313 e. The second-order valence-corrected chi connectivity index (χ2v) is 19.9. The van der Waals surface area contributed by atoms with E-state index in [1.807, 2.05) is 4.72 Å². The summed E-state index contributed by atoms with van der Waals surface area (Å²) in [6, 6.07) is 4.85. The predicted molar refractivity (Wildman–Crippen MR) is 199 cm³/mol. The number of para-hydroxylation sites is 2. The zero-order chi connectivity index (χ0) is 42.0. The molecule has 7 atom stereocenters. The number of sulfonamides is 1. The SMILES string of the molecule is CC(C)(C)[C@@H]1CC(=O)O[C@@H]2CCC[C@H]2OC/C=C/C(F)(F)c2nc3ccccc3nc2O[C@@H]2C[C@@H](C(=O)C[C@]3(C(=O)NS(=O)(=O)C4(C)CC4)C[C@H]3C(F)F)N(C2)C1=O. The van der Waals surface area contributed by atoms with Gasteiger partial charge >= 0.3 is 11.9 Å². The fourth-order valence-corrected chi connectivity index (χ4v) is 9.65. The Morgan fingerprint density at radius 3 is 2.34 bits per heavy atom. The van der Waals surface area contributed by atoms with Gasteiger partial charge in [-0.1, -0.05) is 39.0 Å². The maximum absolute atomic E-state index is 16.1. The number of amides is 2. The van der Waals surface area contributed by atoms with Crippen LogP contribution >= 0.6 is 0 Å². The molecule has 3 saturated carbocycles. The topological polar surface area (TPSA) is 171 Å². The number of hydrogen-bond donors (Lipinski definition) is 1. The summed E-state index contributed by atoms with van der Waals surface area (Å²) in [6.07, 6.45) is -3.67. The first kappa shape index (κ1) is 42.0. The summed E-state index contributed by atoms with van der Waals surface area (Å²) in [4.78, 5) is 65.9. The highest BCUT2D eigenvalue weighted by molar-refractivity contribution is 7.91. The number of ketones is 1. The number of benzene rings is 1. The standard InChI is InChI=1S/C40H48F4N4O9S/c1-37(2,3)23-18-31(50)57-30-12-7-11-29(30)55-16-8-13-40(43,44)32-34(46-26-10-6-5-9-25(26)45-32)56-22-17-27(48(21-22)35(23)51)28(49)20-39(19-24(39)33(41)42)36(52)47-58(53,54)38(4)14-15-38/h5-6,8-10,13,22-24,27,29-30,33H,7,11-12,14-21H2,1-4H3,(H,47,52)/b13-8+/t22-,23-,24+,27+,29-,30-,39-/m1/s1.